The second-order valence-corrected chi connectivity index (χ2v) is 8.66. The molecule has 0 radical (unpaired) electrons. The van der Waals surface area contributed by atoms with E-state index in [0.29, 0.717) is 24.4 Å². The molecule has 0 fully saturated rings. The molecule has 6 rings (SSSR count). The van der Waals surface area contributed by atoms with E-state index in [0.717, 1.165) is 40.3 Å². The minimum absolute atomic E-state index is 0.233. The van der Waals surface area contributed by atoms with Gasteiger partial charge in [-0.1, -0.05) is 25.0 Å². The van der Waals surface area contributed by atoms with E-state index in [-0.39, 0.29) is 6.04 Å². The van der Waals surface area contributed by atoms with Crippen molar-refractivity contribution < 1.29 is 4.42 Å². The van der Waals surface area contributed by atoms with Crippen molar-refractivity contribution in [2.45, 2.75) is 39.2 Å². The largest absolute Gasteiger partial charge is 0.403 e. The Bertz CT molecular complexity index is 1450. The quantitative estimate of drug-likeness (QED) is 0.449. The molecule has 0 spiro atoms. The summed E-state index contributed by atoms with van der Waals surface area (Å²) in [5.41, 5.74) is 6.98. The van der Waals surface area contributed by atoms with Gasteiger partial charge in [0.2, 0.25) is 0 Å². The van der Waals surface area contributed by atoms with Gasteiger partial charge < -0.3 is 14.3 Å². The third-order valence-corrected chi connectivity index (χ3v) is 6.28. The highest BCUT2D eigenvalue weighted by molar-refractivity contribution is 5.59. The Hall–Kier alpha value is -4.01. The van der Waals surface area contributed by atoms with Crippen molar-refractivity contribution in [1.82, 2.24) is 34.8 Å². The number of hydrogen-bond donors (Lipinski definition) is 1. The lowest BCUT2D eigenvalue weighted by atomic mass is 9.99. The molecule has 9 nitrogen and oxygen atoms in total. The summed E-state index contributed by atoms with van der Waals surface area (Å²) in [5, 5.41) is 13.7. The lowest BCUT2D eigenvalue weighted by molar-refractivity contribution is 0.503. The summed E-state index contributed by atoms with van der Waals surface area (Å²) in [6.45, 7) is 7.03. The normalized spacial score (nSPS) is 16.0. The number of aromatic nitrogens is 7. The van der Waals surface area contributed by atoms with Crippen LogP contribution >= 0.6 is 0 Å². The molecule has 5 aromatic heterocycles. The average Bonchev–Trinajstić information content (AvgIpc) is 3.56. The van der Waals surface area contributed by atoms with Crippen LogP contribution in [0.4, 0.5) is 6.01 Å². The van der Waals surface area contributed by atoms with Gasteiger partial charge in [0.05, 0.1) is 28.8 Å². The zero-order valence-corrected chi connectivity index (χ0v) is 18.7. The molecule has 0 aromatic carbocycles. The summed E-state index contributed by atoms with van der Waals surface area (Å²) >= 11 is 0. The minimum Gasteiger partial charge on any atom is -0.403 e. The second kappa shape index (κ2) is 7.54. The van der Waals surface area contributed by atoms with Gasteiger partial charge in [-0.05, 0) is 42.7 Å². The van der Waals surface area contributed by atoms with Gasteiger partial charge >= 0.3 is 6.01 Å². The number of pyridine rings is 2. The summed E-state index contributed by atoms with van der Waals surface area (Å²) in [6.07, 6.45) is 6.29. The van der Waals surface area contributed by atoms with Crippen LogP contribution in [0.25, 0.3) is 17.0 Å². The highest BCUT2D eigenvalue weighted by Gasteiger charge is 2.36. The van der Waals surface area contributed by atoms with Crippen molar-refractivity contribution in [3.05, 3.63) is 77.4 Å². The highest BCUT2D eigenvalue weighted by atomic mass is 16.4. The molecule has 1 N–H and O–H groups in total. The Balaban J connectivity index is 1.46. The number of hydrogen-bond acceptors (Lipinski definition) is 7. The Morgan fingerprint density at radius 1 is 1.15 bits per heavy atom. The molecule has 0 bridgehead atoms. The first-order valence-electron chi connectivity index (χ1n) is 11.1. The molecule has 1 aliphatic heterocycles. The predicted octanol–water partition coefficient (Wildman–Crippen LogP) is 4.09. The molecule has 0 saturated heterocycles. The van der Waals surface area contributed by atoms with Gasteiger partial charge in [0.15, 0.2) is 0 Å². The summed E-state index contributed by atoms with van der Waals surface area (Å²) in [6, 6.07) is 10.4. The standard InChI is InChI=1S/C24H24N8O/c1-14(2)16-7-5-10-32-20(16)12-19(30-32)22-21-18(26-13-27-21)8-11-31(22)24-29-28-23(33-24)17-6-4-9-25-15(17)3/h4-7,9-10,12-14,22H,8,11H2,1-3H3,(H,26,27)/t22-/m0/s1. The SMILES string of the molecule is Cc1ncccc1-c1nnc(N2CCc3[nH]cnc3[C@@H]2c2cc3c(C(C)C)cccn3n2)o1. The fourth-order valence-electron chi connectivity index (χ4n) is 4.61. The number of aryl methyl sites for hydroxylation is 1. The van der Waals surface area contributed by atoms with Crippen molar-refractivity contribution in [3.63, 3.8) is 0 Å². The Morgan fingerprint density at radius 2 is 2.06 bits per heavy atom. The number of imidazole rings is 1. The van der Waals surface area contributed by atoms with Crippen molar-refractivity contribution in [1.29, 1.82) is 0 Å². The van der Waals surface area contributed by atoms with Crippen LogP contribution in [0.3, 0.4) is 0 Å². The van der Waals surface area contributed by atoms with E-state index >= 15 is 0 Å². The fraction of sp³-hybridized carbons (Fsp3) is 0.292. The third-order valence-electron chi connectivity index (χ3n) is 6.28. The maximum atomic E-state index is 6.16. The smallest absolute Gasteiger partial charge is 0.319 e. The topological polar surface area (TPSA) is 101 Å². The number of nitrogens with zero attached hydrogens (tertiary/aromatic N) is 7. The summed E-state index contributed by atoms with van der Waals surface area (Å²) in [7, 11) is 0. The van der Waals surface area contributed by atoms with Crippen LogP contribution in [0.5, 0.6) is 0 Å². The van der Waals surface area contributed by atoms with Gasteiger partial charge in [-0.3, -0.25) is 4.98 Å². The first-order chi connectivity index (χ1) is 16.1. The van der Waals surface area contributed by atoms with Crippen LogP contribution in [0.2, 0.25) is 0 Å². The van der Waals surface area contributed by atoms with Gasteiger partial charge in [0.1, 0.15) is 6.04 Å². The van der Waals surface area contributed by atoms with E-state index in [2.05, 4.69) is 56.0 Å². The predicted molar refractivity (Wildman–Crippen MR) is 123 cm³/mol. The van der Waals surface area contributed by atoms with Crippen molar-refractivity contribution >= 4 is 11.5 Å². The van der Waals surface area contributed by atoms with Crippen LogP contribution in [-0.4, -0.2) is 41.3 Å². The van der Waals surface area contributed by atoms with Gasteiger partial charge in [-0.25, -0.2) is 9.50 Å². The summed E-state index contributed by atoms with van der Waals surface area (Å²) in [5.74, 6) is 0.849. The molecule has 1 aliphatic rings. The first-order valence-corrected chi connectivity index (χ1v) is 11.1. The summed E-state index contributed by atoms with van der Waals surface area (Å²) < 4.78 is 8.11. The van der Waals surface area contributed by atoms with Gasteiger partial charge in [0, 0.05) is 36.7 Å². The van der Waals surface area contributed by atoms with Crippen LogP contribution in [0, 0.1) is 6.92 Å². The molecule has 0 aliphatic carbocycles. The Labute approximate surface area is 190 Å². The fourth-order valence-corrected chi connectivity index (χ4v) is 4.61. The number of aromatic amines is 1. The molecule has 5 aromatic rings. The molecule has 0 unspecified atom stereocenters. The number of fused-ring (bicyclic) bond motifs is 2. The highest BCUT2D eigenvalue weighted by Crippen LogP contribution is 2.37. The zero-order chi connectivity index (χ0) is 22.5. The zero-order valence-electron chi connectivity index (χ0n) is 18.7. The number of H-pyrrole nitrogens is 1. The van der Waals surface area contributed by atoms with E-state index in [1.807, 2.05) is 35.8 Å². The first kappa shape index (κ1) is 19.7. The Kier molecular flexibility index (Phi) is 4.49. The molecular formula is C24H24N8O. The monoisotopic (exact) mass is 440 g/mol. The van der Waals surface area contributed by atoms with Crippen LogP contribution < -0.4 is 4.90 Å². The van der Waals surface area contributed by atoms with Crippen LogP contribution in [0.15, 0.2) is 53.5 Å². The van der Waals surface area contributed by atoms with E-state index < -0.39 is 0 Å². The number of rotatable bonds is 4. The number of anilines is 1. The third kappa shape index (κ3) is 3.19. The van der Waals surface area contributed by atoms with E-state index in [1.54, 1.807) is 12.5 Å². The number of nitrogens with one attached hydrogen (secondary N) is 1. The van der Waals surface area contributed by atoms with Crippen molar-refractivity contribution in [2.24, 2.45) is 0 Å². The maximum Gasteiger partial charge on any atom is 0.319 e. The van der Waals surface area contributed by atoms with E-state index in [4.69, 9.17) is 9.52 Å². The van der Waals surface area contributed by atoms with Gasteiger partial charge in [-0.2, -0.15) is 5.10 Å². The van der Waals surface area contributed by atoms with E-state index in [9.17, 15) is 0 Å². The van der Waals surface area contributed by atoms with Crippen molar-refractivity contribution in [2.75, 3.05) is 11.4 Å². The lowest BCUT2D eigenvalue weighted by Crippen LogP contribution is -2.36. The molecule has 0 saturated carbocycles. The minimum atomic E-state index is -0.233. The average molecular weight is 441 g/mol. The molecule has 9 heteroatoms. The molecule has 166 valence electrons. The van der Waals surface area contributed by atoms with E-state index in [1.165, 1.54) is 5.56 Å². The Morgan fingerprint density at radius 3 is 2.91 bits per heavy atom. The molecule has 33 heavy (non-hydrogen) atoms. The van der Waals surface area contributed by atoms with Crippen LogP contribution in [-0.2, 0) is 6.42 Å². The van der Waals surface area contributed by atoms with Crippen LogP contribution in [0.1, 0.15) is 54.1 Å². The van der Waals surface area contributed by atoms with Gasteiger partial charge in [-0.15, -0.1) is 5.10 Å². The lowest BCUT2D eigenvalue weighted by Gasteiger charge is -2.32. The van der Waals surface area contributed by atoms with Crippen molar-refractivity contribution in [3.8, 4) is 11.5 Å². The molecule has 0 amide bonds. The molecule has 6 heterocycles. The maximum absolute atomic E-state index is 6.16. The molecular weight excluding hydrogens is 416 g/mol. The second-order valence-electron chi connectivity index (χ2n) is 8.66. The van der Waals surface area contributed by atoms with Gasteiger partial charge in [0.25, 0.3) is 5.89 Å². The summed E-state index contributed by atoms with van der Waals surface area (Å²) in [4.78, 5) is 14.4. The molecule has 1 atom stereocenters.